The lowest BCUT2D eigenvalue weighted by molar-refractivity contribution is 0.235. The number of nitrogens with one attached hydrogen (secondary N) is 2. The minimum absolute atomic E-state index is 0.0648. The number of urea groups is 1. The molecule has 4 heteroatoms. The number of carbonyl (C=O) groups is 1. The quantitative estimate of drug-likeness (QED) is 0.538. The zero-order valence-electron chi connectivity index (χ0n) is 7.35. The number of rotatable bonds is 3. The zero-order chi connectivity index (χ0) is 8.85. The Morgan fingerprint density at radius 3 is 2.36 bits per heavy atom. The molecule has 0 aromatic rings. The fourth-order valence-electron chi connectivity index (χ4n) is 0.738. The molecule has 1 unspecified atom stereocenters. The topological polar surface area (TPSA) is 67.2 Å². The molecule has 4 nitrogen and oxygen atoms in total. The highest BCUT2D eigenvalue weighted by atomic mass is 16.2. The molecule has 11 heavy (non-hydrogen) atoms. The van der Waals surface area contributed by atoms with Crippen LogP contribution in [-0.2, 0) is 0 Å². The first-order chi connectivity index (χ1) is 5.11. The molecule has 0 fully saturated rings. The summed E-state index contributed by atoms with van der Waals surface area (Å²) in [5.41, 5.74) is 5.43. The van der Waals surface area contributed by atoms with Crippen LogP contribution in [0.1, 0.15) is 13.8 Å². The predicted molar refractivity (Wildman–Crippen MR) is 45.3 cm³/mol. The second kappa shape index (κ2) is 4.96. The zero-order valence-corrected chi connectivity index (χ0v) is 7.35. The molecule has 0 bridgehead atoms. The molecular formula is C7H17N3O. The molecule has 0 radical (unpaired) electrons. The van der Waals surface area contributed by atoms with Crippen LogP contribution in [0.25, 0.3) is 0 Å². The Balaban J connectivity index is 3.78. The van der Waals surface area contributed by atoms with Gasteiger partial charge in [-0.1, -0.05) is 13.8 Å². The second-order valence-electron chi connectivity index (χ2n) is 2.81. The van der Waals surface area contributed by atoms with Crippen LogP contribution < -0.4 is 16.4 Å². The van der Waals surface area contributed by atoms with Gasteiger partial charge in [-0.2, -0.15) is 0 Å². The molecule has 0 aliphatic carbocycles. The monoisotopic (exact) mass is 159 g/mol. The molecule has 0 aromatic heterocycles. The maximum Gasteiger partial charge on any atom is 0.314 e. The van der Waals surface area contributed by atoms with Gasteiger partial charge in [0.2, 0.25) is 0 Å². The van der Waals surface area contributed by atoms with Gasteiger partial charge in [-0.15, -0.1) is 0 Å². The second-order valence-corrected chi connectivity index (χ2v) is 2.81. The maximum absolute atomic E-state index is 10.8. The van der Waals surface area contributed by atoms with Crippen LogP contribution in [-0.4, -0.2) is 25.7 Å². The van der Waals surface area contributed by atoms with Crippen LogP contribution in [0.4, 0.5) is 4.79 Å². The summed E-state index contributed by atoms with van der Waals surface area (Å²) in [4.78, 5) is 10.8. The smallest absolute Gasteiger partial charge is 0.314 e. The van der Waals surface area contributed by atoms with E-state index in [0.29, 0.717) is 12.5 Å². The van der Waals surface area contributed by atoms with Crippen molar-refractivity contribution in [3.05, 3.63) is 0 Å². The van der Waals surface area contributed by atoms with Gasteiger partial charge < -0.3 is 16.4 Å². The molecule has 0 aliphatic heterocycles. The summed E-state index contributed by atoms with van der Waals surface area (Å²) in [6.07, 6.45) is 0. The largest absolute Gasteiger partial charge is 0.341 e. The summed E-state index contributed by atoms with van der Waals surface area (Å²) in [5, 5.41) is 5.22. The minimum Gasteiger partial charge on any atom is -0.341 e. The number of nitrogens with two attached hydrogens (primary N) is 1. The first-order valence-corrected chi connectivity index (χ1v) is 3.80. The van der Waals surface area contributed by atoms with Crippen molar-refractivity contribution in [1.29, 1.82) is 0 Å². The molecule has 0 rings (SSSR count). The number of amides is 2. The van der Waals surface area contributed by atoms with Gasteiger partial charge in [-0.25, -0.2) is 4.79 Å². The van der Waals surface area contributed by atoms with Crippen LogP contribution in [0.2, 0.25) is 0 Å². The highest BCUT2D eigenvalue weighted by Crippen LogP contribution is 1.98. The molecule has 66 valence electrons. The standard InChI is InChI=1S/C7H17N3O/c1-5(2)6(4-8)10-7(11)9-3/h5-6H,4,8H2,1-3H3,(H2,9,10,11). The Hall–Kier alpha value is -0.770. The first kappa shape index (κ1) is 10.2. The van der Waals surface area contributed by atoms with Crippen molar-refractivity contribution in [2.75, 3.05) is 13.6 Å². The van der Waals surface area contributed by atoms with Crippen molar-refractivity contribution in [2.45, 2.75) is 19.9 Å². The van der Waals surface area contributed by atoms with Gasteiger partial charge in [0.1, 0.15) is 0 Å². The molecule has 0 saturated heterocycles. The van der Waals surface area contributed by atoms with Crippen LogP contribution in [0.3, 0.4) is 0 Å². The summed E-state index contributed by atoms with van der Waals surface area (Å²) < 4.78 is 0. The molecule has 0 heterocycles. The van der Waals surface area contributed by atoms with Crippen LogP contribution in [0, 0.1) is 5.92 Å². The molecule has 0 aliphatic rings. The Bertz CT molecular complexity index is 125. The highest BCUT2D eigenvalue weighted by Gasteiger charge is 2.12. The van der Waals surface area contributed by atoms with Gasteiger partial charge in [0.25, 0.3) is 0 Å². The third-order valence-electron chi connectivity index (χ3n) is 1.60. The van der Waals surface area contributed by atoms with Gasteiger partial charge in [0.05, 0.1) is 0 Å². The van der Waals surface area contributed by atoms with E-state index in [1.54, 1.807) is 7.05 Å². The highest BCUT2D eigenvalue weighted by molar-refractivity contribution is 5.73. The lowest BCUT2D eigenvalue weighted by Crippen LogP contribution is -2.47. The van der Waals surface area contributed by atoms with Gasteiger partial charge >= 0.3 is 6.03 Å². The van der Waals surface area contributed by atoms with E-state index in [1.165, 1.54) is 0 Å². The van der Waals surface area contributed by atoms with Crippen molar-refractivity contribution in [3.63, 3.8) is 0 Å². The average molecular weight is 159 g/mol. The summed E-state index contributed by atoms with van der Waals surface area (Å²) in [6.45, 7) is 4.52. The van der Waals surface area contributed by atoms with Crippen LogP contribution >= 0.6 is 0 Å². The molecule has 2 amide bonds. The molecule has 1 atom stereocenters. The third-order valence-corrected chi connectivity index (χ3v) is 1.60. The lowest BCUT2D eigenvalue weighted by atomic mass is 10.1. The molecule has 0 aromatic carbocycles. The van der Waals surface area contributed by atoms with Gasteiger partial charge in [0.15, 0.2) is 0 Å². The maximum atomic E-state index is 10.8. The number of carbonyl (C=O) groups excluding carboxylic acids is 1. The predicted octanol–water partition coefficient (Wildman–Crippen LogP) is -0.101. The Morgan fingerprint density at radius 2 is 2.09 bits per heavy atom. The molecule has 4 N–H and O–H groups in total. The SMILES string of the molecule is CNC(=O)NC(CN)C(C)C. The molecular weight excluding hydrogens is 142 g/mol. The lowest BCUT2D eigenvalue weighted by Gasteiger charge is -2.19. The fourth-order valence-corrected chi connectivity index (χ4v) is 0.738. The Labute approximate surface area is 67.5 Å². The summed E-state index contributed by atoms with van der Waals surface area (Å²) in [7, 11) is 1.59. The Morgan fingerprint density at radius 1 is 1.55 bits per heavy atom. The van der Waals surface area contributed by atoms with Gasteiger partial charge in [0, 0.05) is 19.6 Å². The van der Waals surface area contributed by atoms with E-state index in [4.69, 9.17) is 5.73 Å². The van der Waals surface area contributed by atoms with Crippen molar-refractivity contribution in [2.24, 2.45) is 11.7 Å². The van der Waals surface area contributed by atoms with Crippen molar-refractivity contribution < 1.29 is 4.79 Å². The van der Waals surface area contributed by atoms with Gasteiger partial charge in [-0.05, 0) is 5.92 Å². The van der Waals surface area contributed by atoms with E-state index >= 15 is 0 Å². The van der Waals surface area contributed by atoms with E-state index < -0.39 is 0 Å². The van der Waals surface area contributed by atoms with E-state index in [1.807, 2.05) is 13.8 Å². The van der Waals surface area contributed by atoms with E-state index in [0.717, 1.165) is 0 Å². The average Bonchev–Trinajstić information content (AvgIpc) is 1.99. The van der Waals surface area contributed by atoms with Crippen molar-refractivity contribution in [3.8, 4) is 0 Å². The van der Waals surface area contributed by atoms with Crippen LogP contribution in [0.5, 0.6) is 0 Å². The van der Waals surface area contributed by atoms with E-state index in [-0.39, 0.29) is 12.1 Å². The first-order valence-electron chi connectivity index (χ1n) is 3.80. The summed E-state index contributed by atoms with van der Waals surface area (Å²) in [6, 6.07) is -0.107. The third kappa shape index (κ3) is 3.83. The van der Waals surface area contributed by atoms with Crippen LogP contribution in [0.15, 0.2) is 0 Å². The minimum atomic E-state index is -0.172. The van der Waals surface area contributed by atoms with E-state index in [2.05, 4.69) is 10.6 Å². The molecule has 0 saturated carbocycles. The van der Waals surface area contributed by atoms with Crippen molar-refractivity contribution >= 4 is 6.03 Å². The van der Waals surface area contributed by atoms with Crippen molar-refractivity contribution in [1.82, 2.24) is 10.6 Å². The summed E-state index contributed by atoms with van der Waals surface area (Å²) >= 11 is 0. The van der Waals surface area contributed by atoms with Gasteiger partial charge in [-0.3, -0.25) is 0 Å². The number of hydrogen-bond donors (Lipinski definition) is 3. The normalized spacial score (nSPS) is 12.8. The summed E-state index contributed by atoms with van der Waals surface area (Å²) in [5.74, 6) is 0.372. The van der Waals surface area contributed by atoms with E-state index in [9.17, 15) is 4.79 Å². The Kier molecular flexibility index (Phi) is 4.61. The molecule has 0 spiro atoms. The fraction of sp³-hybridized carbons (Fsp3) is 0.857. The number of hydrogen-bond acceptors (Lipinski definition) is 2.